The molecule has 0 atom stereocenters. The highest BCUT2D eigenvalue weighted by Crippen LogP contribution is 2.21. The minimum atomic E-state index is -0.442. The van der Waals surface area contributed by atoms with Crippen molar-refractivity contribution < 1.29 is 9.18 Å². The first-order valence-electron chi connectivity index (χ1n) is 8.26. The summed E-state index contributed by atoms with van der Waals surface area (Å²) in [5, 5.41) is 7.26. The fourth-order valence-electron chi connectivity index (χ4n) is 2.73. The van der Waals surface area contributed by atoms with Crippen LogP contribution in [0, 0.1) is 17.5 Å². The predicted octanol–water partition coefficient (Wildman–Crippen LogP) is 4.37. The number of aryl methyl sites for hydroxylation is 1. The largest absolute Gasteiger partial charge is 0.340 e. The Balaban J connectivity index is 1.82. The lowest BCUT2D eigenvalue weighted by atomic mass is 10.1. The first-order valence-corrected chi connectivity index (χ1v) is 9.04. The third kappa shape index (κ3) is 4.26. The number of hydrogen-bond donors (Lipinski definition) is 1. The van der Waals surface area contributed by atoms with Gasteiger partial charge in [0.05, 0.1) is 0 Å². The van der Waals surface area contributed by atoms with E-state index in [0.29, 0.717) is 10.6 Å². The number of H-pyrrole nitrogens is 1. The zero-order valence-corrected chi connectivity index (χ0v) is 16.4. The summed E-state index contributed by atoms with van der Waals surface area (Å²) in [6.07, 6.45) is 0. The minimum absolute atomic E-state index is 0.0127. The second-order valence-electron chi connectivity index (χ2n) is 6.26. The molecule has 0 aliphatic heterocycles. The molecule has 2 aromatic carbocycles. The number of likely N-dealkylation sites (N-methyl/N-ethyl adjacent to an activating group) is 1. The third-order valence-corrected chi connectivity index (χ3v) is 4.88. The molecule has 1 amide bonds. The van der Waals surface area contributed by atoms with Crippen LogP contribution in [0.1, 0.15) is 11.1 Å². The minimum Gasteiger partial charge on any atom is -0.340 e. The van der Waals surface area contributed by atoms with E-state index in [1.54, 1.807) is 17.7 Å². The van der Waals surface area contributed by atoms with E-state index in [1.165, 1.54) is 17.0 Å². The molecular weight excluding hydrogens is 387 g/mol. The highest BCUT2D eigenvalue weighted by atomic mass is 35.5. The van der Waals surface area contributed by atoms with Crippen LogP contribution in [0.2, 0.25) is 5.02 Å². The van der Waals surface area contributed by atoms with E-state index >= 15 is 0 Å². The Morgan fingerprint density at radius 2 is 2.07 bits per heavy atom. The number of aromatic nitrogens is 3. The average Bonchev–Trinajstić information content (AvgIpc) is 2.98. The van der Waals surface area contributed by atoms with Gasteiger partial charge in [-0.25, -0.2) is 4.39 Å². The number of amides is 1. The maximum absolute atomic E-state index is 14.0. The summed E-state index contributed by atoms with van der Waals surface area (Å²) in [4.78, 5) is 14.1. The van der Waals surface area contributed by atoms with E-state index in [1.807, 2.05) is 31.2 Å². The van der Waals surface area contributed by atoms with Gasteiger partial charge in [0, 0.05) is 29.7 Å². The molecular formula is C19H18ClFN4OS. The summed E-state index contributed by atoms with van der Waals surface area (Å²) in [7, 11) is 1.60. The standard InChI is InChI=1S/C19H18ClFN4OS/c1-12-5-3-6-13(9-12)18-22-23-19(27)25(18)11-17(26)24(2)10-14-15(20)7-4-8-16(14)21/h3-9H,10-11H2,1-2H3,(H,23,27). The quantitative estimate of drug-likeness (QED) is 0.642. The molecule has 0 aliphatic rings. The van der Waals surface area contributed by atoms with Gasteiger partial charge in [0.15, 0.2) is 10.6 Å². The number of benzene rings is 2. The number of nitrogens with one attached hydrogen (secondary N) is 1. The van der Waals surface area contributed by atoms with Gasteiger partial charge >= 0.3 is 0 Å². The second-order valence-corrected chi connectivity index (χ2v) is 7.05. The summed E-state index contributed by atoms with van der Waals surface area (Å²) in [6, 6.07) is 12.2. The van der Waals surface area contributed by atoms with E-state index in [2.05, 4.69) is 10.2 Å². The average molecular weight is 405 g/mol. The van der Waals surface area contributed by atoms with Crippen molar-refractivity contribution in [2.75, 3.05) is 7.05 Å². The van der Waals surface area contributed by atoms with Crippen molar-refractivity contribution in [1.29, 1.82) is 0 Å². The molecule has 27 heavy (non-hydrogen) atoms. The molecule has 8 heteroatoms. The molecule has 0 radical (unpaired) electrons. The molecule has 5 nitrogen and oxygen atoms in total. The topological polar surface area (TPSA) is 53.9 Å². The molecule has 0 saturated heterocycles. The van der Waals surface area contributed by atoms with Crippen LogP contribution in [0.5, 0.6) is 0 Å². The number of hydrogen-bond acceptors (Lipinski definition) is 3. The normalized spacial score (nSPS) is 10.8. The molecule has 1 N–H and O–H groups in total. The van der Waals surface area contributed by atoms with Crippen LogP contribution in [0.3, 0.4) is 0 Å². The van der Waals surface area contributed by atoms with Gasteiger partial charge < -0.3 is 4.90 Å². The zero-order valence-electron chi connectivity index (χ0n) is 14.9. The van der Waals surface area contributed by atoms with E-state index < -0.39 is 5.82 Å². The van der Waals surface area contributed by atoms with Crippen molar-refractivity contribution in [1.82, 2.24) is 19.7 Å². The zero-order chi connectivity index (χ0) is 19.6. The Bertz CT molecular complexity index is 1030. The highest BCUT2D eigenvalue weighted by Gasteiger charge is 2.17. The Labute approximate surface area is 166 Å². The fraction of sp³-hybridized carbons (Fsp3) is 0.211. The van der Waals surface area contributed by atoms with Crippen molar-refractivity contribution >= 4 is 29.7 Å². The maximum Gasteiger partial charge on any atom is 0.242 e. The van der Waals surface area contributed by atoms with Crippen molar-refractivity contribution in [2.45, 2.75) is 20.0 Å². The van der Waals surface area contributed by atoms with Gasteiger partial charge in [-0.05, 0) is 37.3 Å². The Morgan fingerprint density at radius 3 is 2.78 bits per heavy atom. The van der Waals surface area contributed by atoms with Crippen molar-refractivity contribution in [3.8, 4) is 11.4 Å². The van der Waals surface area contributed by atoms with E-state index in [9.17, 15) is 9.18 Å². The summed E-state index contributed by atoms with van der Waals surface area (Å²) in [5.41, 5.74) is 2.21. The molecule has 0 aliphatic carbocycles. The van der Waals surface area contributed by atoms with Gasteiger partial charge in [-0.2, -0.15) is 5.10 Å². The third-order valence-electron chi connectivity index (χ3n) is 4.21. The Morgan fingerprint density at radius 1 is 1.33 bits per heavy atom. The van der Waals surface area contributed by atoms with Crippen molar-refractivity contribution in [3.63, 3.8) is 0 Å². The lowest BCUT2D eigenvalue weighted by Gasteiger charge is -2.19. The summed E-state index contributed by atoms with van der Waals surface area (Å²) in [5.74, 6) is -0.0994. The van der Waals surface area contributed by atoms with Crippen molar-refractivity contribution in [3.05, 3.63) is 69.2 Å². The fourth-order valence-corrected chi connectivity index (χ4v) is 3.15. The second kappa shape index (κ2) is 8.02. The SMILES string of the molecule is Cc1cccc(-c2n[nH]c(=S)n2CC(=O)N(C)Cc2c(F)cccc2Cl)c1. The van der Waals surface area contributed by atoms with Gasteiger partial charge in [-0.15, -0.1) is 0 Å². The highest BCUT2D eigenvalue weighted by molar-refractivity contribution is 7.71. The van der Waals surface area contributed by atoms with Crippen molar-refractivity contribution in [2.24, 2.45) is 0 Å². The first-order chi connectivity index (χ1) is 12.9. The molecule has 1 aromatic heterocycles. The van der Waals surface area contributed by atoms with Crippen LogP contribution < -0.4 is 0 Å². The molecule has 0 fully saturated rings. The van der Waals surface area contributed by atoms with Gasteiger partial charge in [-0.3, -0.25) is 14.5 Å². The number of carbonyl (C=O) groups is 1. The lowest BCUT2D eigenvalue weighted by Crippen LogP contribution is -2.30. The van der Waals surface area contributed by atoms with Crippen LogP contribution in [0.25, 0.3) is 11.4 Å². The van der Waals surface area contributed by atoms with Gasteiger partial charge in [0.25, 0.3) is 0 Å². The van der Waals surface area contributed by atoms with Gasteiger partial charge in [0.2, 0.25) is 5.91 Å². The predicted molar refractivity (Wildman–Crippen MR) is 105 cm³/mol. The molecule has 0 unspecified atom stereocenters. The Kier molecular flexibility index (Phi) is 5.72. The number of rotatable bonds is 5. The van der Waals surface area contributed by atoms with Crippen LogP contribution in [-0.4, -0.2) is 32.6 Å². The summed E-state index contributed by atoms with van der Waals surface area (Å²) in [6.45, 7) is 2.03. The smallest absolute Gasteiger partial charge is 0.242 e. The van der Waals surface area contributed by atoms with Crippen LogP contribution >= 0.6 is 23.8 Å². The first kappa shape index (κ1) is 19.3. The van der Waals surface area contributed by atoms with Gasteiger partial charge in [-0.1, -0.05) is 41.4 Å². The van der Waals surface area contributed by atoms with Crippen LogP contribution in [-0.2, 0) is 17.9 Å². The molecule has 0 spiro atoms. The number of carbonyl (C=O) groups excluding carboxylic acids is 1. The summed E-state index contributed by atoms with van der Waals surface area (Å²) >= 11 is 11.3. The van der Waals surface area contributed by atoms with Gasteiger partial charge in [0.1, 0.15) is 12.4 Å². The Hall–Kier alpha value is -2.51. The van der Waals surface area contributed by atoms with Crippen LogP contribution in [0.15, 0.2) is 42.5 Å². The lowest BCUT2D eigenvalue weighted by molar-refractivity contribution is -0.131. The molecule has 140 valence electrons. The molecule has 3 rings (SSSR count). The van der Waals surface area contributed by atoms with E-state index in [4.69, 9.17) is 23.8 Å². The molecule has 1 heterocycles. The molecule has 0 bridgehead atoms. The van der Waals surface area contributed by atoms with E-state index in [-0.39, 0.29) is 29.6 Å². The molecule has 0 saturated carbocycles. The summed E-state index contributed by atoms with van der Waals surface area (Å²) < 4.78 is 16.0. The maximum atomic E-state index is 14.0. The van der Waals surface area contributed by atoms with E-state index in [0.717, 1.165) is 11.1 Å². The number of aromatic amines is 1. The number of halogens is 2. The number of nitrogens with zero attached hydrogens (tertiary/aromatic N) is 3. The monoisotopic (exact) mass is 404 g/mol. The molecule has 3 aromatic rings. The van der Waals surface area contributed by atoms with Crippen LogP contribution in [0.4, 0.5) is 4.39 Å².